The Labute approximate surface area is 66.9 Å². The lowest BCUT2D eigenvalue weighted by molar-refractivity contribution is -0.134. The predicted molar refractivity (Wildman–Crippen MR) is 41.4 cm³/mol. The van der Waals surface area contributed by atoms with E-state index in [0.717, 1.165) is 19.3 Å². The molecular weight excluding hydrogens is 140 g/mol. The maximum Gasteiger partial charge on any atom is 0.161 e. The number of hydrogen-bond acceptors (Lipinski definition) is 2. The summed E-state index contributed by atoms with van der Waals surface area (Å²) in [4.78, 5) is 11.2. The van der Waals surface area contributed by atoms with Gasteiger partial charge in [0.1, 0.15) is 6.10 Å². The van der Waals surface area contributed by atoms with Crippen LogP contribution in [0.3, 0.4) is 0 Å². The highest BCUT2D eigenvalue weighted by Crippen LogP contribution is 2.28. The first-order chi connectivity index (χ1) is 5.36. The summed E-state index contributed by atoms with van der Waals surface area (Å²) < 4.78 is 5.56. The molecule has 2 nitrogen and oxygen atoms in total. The number of rotatable bonds is 2. The van der Waals surface area contributed by atoms with Crippen molar-refractivity contribution in [2.24, 2.45) is 0 Å². The van der Waals surface area contributed by atoms with E-state index in [1.54, 1.807) is 0 Å². The predicted octanol–water partition coefficient (Wildman–Crippen LogP) is 1.68. The van der Waals surface area contributed by atoms with Gasteiger partial charge in [-0.2, -0.15) is 0 Å². The third-order valence-electron chi connectivity index (χ3n) is 2.38. The normalized spacial score (nSPS) is 32.4. The van der Waals surface area contributed by atoms with Crippen LogP contribution in [0, 0.1) is 0 Å². The molecule has 2 saturated carbocycles. The number of Topliss-reactive ketones (excluding diaryl/α,β-unsaturated/α-hetero) is 1. The smallest absolute Gasteiger partial charge is 0.161 e. The molecule has 0 amide bonds. The van der Waals surface area contributed by atoms with Crippen molar-refractivity contribution in [3.05, 3.63) is 0 Å². The highest BCUT2D eigenvalue weighted by atomic mass is 16.5. The fourth-order valence-electron chi connectivity index (χ4n) is 1.53. The molecule has 62 valence electrons. The van der Waals surface area contributed by atoms with Gasteiger partial charge in [-0.05, 0) is 32.1 Å². The first kappa shape index (κ1) is 7.29. The van der Waals surface area contributed by atoms with Crippen molar-refractivity contribution in [1.82, 2.24) is 0 Å². The molecule has 0 aromatic heterocycles. The van der Waals surface area contributed by atoms with Crippen molar-refractivity contribution in [2.75, 3.05) is 0 Å². The molecule has 0 aromatic rings. The molecule has 0 radical (unpaired) electrons. The maximum absolute atomic E-state index is 11.2. The summed E-state index contributed by atoms with van der Waals surface area (Å²) in [6, 6.07) is 0. The highest BCUT2D eigenvalue weighted by Gasteiger charge is 2.30. The van der Waals surface area contributed by atoms with Crippen molar-refractivity contribution in [1.29, 1.82) is 0 Å². The van der Waals surface area contributed by atoms with Crippen LogP contribution in [0.15, 0.2) is 0 Å². The lowest BCUT2D eigenvalue weighted by Crippen LogP contribution is -2.28. The van der Waals surface area contributed by atoms with Gasteiger partial charge in [-0.25, -0.2) is 0 Å². The van der Waals surface area contributed by atoms with E-state index < -0.39 is 0 Å². The summed E-state index contributed by atoms with van der Waals surface area (Å²) in [6.45, 7) is 0. The van der Waals surface area contributed by atoms with Gasteiger partial charge < -0.3 is 4.74 Å². The molecule has 2 aliphatic carbocycles. The Morgan fingerprint density at radius 3 is 2.64 bits per heavy atom. The van der Waals surface area contributed by atoms with Crippen LogP contribution in [0.1, 0.15) is 38.5 Å². The number of hydrogen-bond donors (Lipinski definition) is 0. The van der Waals surface area contributed by atoms with Crippen molar-refractivity contribution >= 4 is 5.78 Å². The Hall–Kier alpha value is -0.370. The quantitative estimate of drug-likeness (QED) is 0.604. The van der Waals surface area contributed by atoms with Gasteiger partial charge in [-0.3, -0.25) is 4.79 Å². The largest absolute Gasteiger partial charge is 0.367 e. The van der Waals surface area contributed by atoms with Crippen LogP contribution in [0.5, 0.6) is 0 Å². The van der Waals surface area contributed by atoms with Gasteiger partial charge in [-0.1, -0.05) is 0 Å². The molecule has 1 unspecified atom stereocenters. The van der Waals surface area contributed by atoms with Crippen LogP contribution in [0.4, 0.5) is 0 Å². The maximum atomic E-state index is 11.2. The molecule has 2 aliphatic rings. The summed E-state index contributed by atoms with van der Waals surface area (Å²) in [5.74, 6) is 0.336. The molecule has 0 N–H and O–H groups in total. The molecule has 0 aliphatic heterocycles. The van der Waals surface area contributed by atoms with E-state index in [1.165, 1.54) is 19.3 Å². The second-order valence-electron chi connectivity index (χ2n) is 3.54. The molecule has 2 heteroatoms. The molecule has 1 atom stereocenters. The van der Waals surface area contributed by atoms with Gasteiger partial charge in [-0.15, -0.1) is 0 Å². The third-order valence-corrected chi connectivity index (χ3v) is 2.38. The summed E-state index contributed by atoms with van der Waals surface area (Å²) in [5.41, 5.74) is 0. The Balaban J connectivity index is 1.83. The van der Waals surface area contributed by atoms with Gasteiger partial charge in [0.2, 0.25) is 0 Å². The van der Waals surface area contributed by atoms with Crippen LogP contribution < -0.4 is 0 Å². The number of ketones is 1. The van der Waals surface area contributed by atoms with E-state index in [4.69, 9.17) is 4.74 Å². The molecular formula is C9H14O2. The Kier molecular flexibility index (Phi) is 1.95. The molecule has 0 bridgehead atoms. The second kappa shape index (κ2) is 2.94. The minimum atomic E-state index is -0.0313. The lowest BCUT2D eigenvalue weighted by Gasteiger charge is -2.20. The lowest BCUT2D eigenvalue weighted by atomic mass is 9.96. The molecule has 0 spiro atoms. The van der Waals surface area contributed by atoms with Crippen molar-refractivity contribution < 1.29 is 9.53 Å². The van der Waals surface area contributed by atoms with Gasteiger partial charge in [0, 0.05) is 6.42 Å². The first-order valence-electron chi connectivity index (χ1n) is 4.54. The van der Waals surface area contributed by atoms with E-state index in [2.05, 4.69) is 0 Å². The summed E-state index contributed by atoms with van der Waals surface area (Å²) in [5, 5.41) is 0. The Morgan fingerprint density at radius 2 is 2.00 bits per heavy atom. The third kappa shape index (κ3) is 1.80. The van der Waals surface area contributed by atoms with Crippen LogP contribution in [-0.2, 0) is 9.53 Å². The van der Waals surface area contributed by atoms with E-state index >= 15 is 0 Å². The standard InChI is InChI=1S/C9H14O2/c10-8-3-1-2-4-9(8)11-7-5-6-7/h7,9H,1-6H2. The minimum absolute atomic E-state index is 0.0313. The first-order valence-corrected chi connectivity index (χ1v) is 4.54. The monoisotopic (exact) mass is 154 g/mol. The number of ether oxygens (including phenoxy) is 1. The van der Waals surface area contributed by atoms with E-state index in [9.17, 15) is 4.79 Å². The van der Waals surface area contributed by atoms with Crippen LogP contribution in [0.25, 0.3) is 0 Å². The van der Waals surface area contributed by atoms with Crippen LogP contribution in [0.2, 0.25) is 0 Å². The molecule has 2 fully saturated rings. The zero-order valence-electron chi connectivity index (χ0n) is 6.71. The number of carbonyl (C=O) groups is 1. The second-order valence-corrected chi connectivity index (χ2v) is 3.54. The molecule has 0 saturated heterocycles. The van der Waals surface area contributed by atoms with Crippen molar-refractivity contribution in [3.8, 4) is 0 Å². The fraction of sp³-hybridized carbons (Fsp3) is 0.889. The SMILES string of the molecule is O=C1CCCCC1OC1CC1. The molecule has 0 heterocycles. The molecule has 2 rings (SSSR count). The summed E-state index contributed by atoms with van der Waals surface area (Å²) in [6.07, 6.45) is 6.70. The highest BCUT2D eigenvalue weighted by molar-refractivity contribution is 5.83. The van der Waals surface area contributed by atoms with Crippen molar-refractivity contribution in [3.63, 3.8) is 0 Å². The van der Waals surface area contributed by atoms with Gasteiger partial charge in [0.05, 0.1) is 6.10 Å². The van der Waals surface area contributed by atoms with E-state index in [-0.39, 0.29) is 6.10 Å². The summed E-state index contributed by atoms with van der Waals surface area (Å²) >= 11 is 0. The van der Waals surface area contributed by atoms with Crippen LogP contribution >= 0.6 is 0 Å². The Morgan fingerprint density at radius 1 is 1.18 bits per heavy atom. The van der Waals surface area contributed by atoms with Crippen molar-refractivity contribution in [2.45, 2.75) is 50.7 Å². The van der Waals surface area contributed by atoms with Crippen LogP contribution in [-0.4, -0.2) is 18.0 Å². The Bertz CT molecular complexity index is 161. The van der Waals surface area contributed by atoms with E-state index in [0.29, 0.717) is 11.9 Å². The molecule has 11 heavy (non-hydrogen) atoms. The fourth-order valence-corrected chi connectivity index (χ4v) is 1.53. The van der Waals surface area contributed by atoms with Gasteiger partial charge >= 0.3 is 0 Å². The van der Waals surface area contributed by atoms with Gasteiger partial charge in [0.15, 0.2) is 5.78 Å². The number of carbonyl (C=O) groups excluding carboxylic acids is 1. The minimum Gasteiger partial charge on any atom is -0.367 e. The average Bonchev–Trinajstić information content (AvgIpc) is 2.78. The molecule has 0 aromatic carbocycles. The van der Waals surface area contributed by atoms with Gasteiger partial charge in [0.25, 0.3) is 0 Å². The zero-order valence-corrected chi connectivity index (χ0v) is 6.71. The van der Waals surface area contributed by atoms with E-state index in [1.807, 2.05) is 0 Å². The topological polar surface area (TPSA) is 26.3 Å². The summed E-state index contributed by atoms with van der Waals surface area (Å²) in [7, 11) is 0. The zero-order chi connectivity index (χ0) is 7.68. The average molecular weight is 154 g/mol.